The summed E-state index contributed by atoms with van der Waals surface area (Å²) in [5.41, 5.74) is 0.625. The molecule has 3 rings (SSSR count). The predicted octanol–water partition coefficient (Wildman–Crippen LogP) is 4.43. The molecule has 2 amide bonds. The number of hydrogen-bond donors (Lipinski definition) is 0. The molecule has 1 aliphatic heterocycles. The van der Waals surface area contributed by atoms with E-state index in [0.29, 0.717) is 18.7 Å². The summed E-state index contributed by atoms with van der Waals surface area (Å²) in [6, 6.07) is 7.76. The molecule has 5 nitrogen and oxygen atoms in total. The number of thiophene rings is 1. The molecule has 1 aromatic heterocycles. The van der Waals surface area contributed by atoms with Crippen molar-refractivity contribution in [2.75, 3.05) is 19.7 Å². The first-order chi connectivity index (χ1) is 14.2. The molecule has 1 aromatic carbocycles. The van der Waals surface area contributed by atoms with Gasteiger partial charge in [0.25, 0.3) is 0 Å². The molecule has 0 fully saturated rings. The van der Waals surface area contributed by atoms with E-state index in [2.05, 4.69) is 0 Å². The Morgan fingerprint density at radius 3 is 2.73 bits per heavy atom. The monoisotopic (exact) mass is 432 g/mol. The van der Waals surface area contributed by atoms with E-state index < -0.39 is 5.54 Å². The fourth-order valence-corrected chi connectivity index (χ4v) is 4.65. The van der Waals surface area contributed by atoms with Crippen LogP contribution in [-0.2, 0) is 16.0 Å². The van der Waals surface area contributed by atoms with Gasteiger partial charge in [-0.05, 0) is 56.3 Å². The van der Waals surface area contributed by atoms with Gasteiger partial charge in [0.15, 0.2) is 0 Å². The Morgan fingerprint density at radius 1 is 1.30 bits per heavy atom. The van der Waals surface area contributed by atoms with Crippen molar-refractivity contribution in [3.05, 3.63) is 52.0 Å². The van der Waals surface area contributed by atoms with Gasteiger partial charge in [-0.2, -0.15) is 0 Å². The lowest BCUT2D eigenvalue weighted by Crippen LogP contribution is -2.53. The zero-order chi connectivity index (χ0) is 21.9. The number of carbonyl (C=O) groups is 2. The van der Waals surface area contributed by atoms with E-state index in [0.717, 1.165) is 12.0 Å². The second-order valence-corrected chi connectivity index (χ2v) is 9.43. The minimum atomic E-state index is -0.445. The van der Waals surface area contributed by atoms with Crippen molar-refractivity contribution >= 4 is 23.2 Å². The Hall–Kier alpha value is -2.41. The van der Waals surface area contributed by atoms with Gasteiger partial charge < -0.3 is 14.5 Å². The molecular formula is C23H29FN2O3S. The van der Waals surface area contributed by atoms with Gasteiger partial charge in [0, 0.05) is 29.4 Å². The number of amides is 2. The molecule has 0 saturated carbocycles. The molecule has 1 atom stereocenters. The lowest BCUT2D eigenvalue weighted by Gasteiger charge is -2.40. The topological polar surface area (TPSA) is 49.9 Å². The van der Waals surface area contributed by atoms with E-state index in [1.165, 1.54) is 17.0 Å². The van der Waals surface area contributed by atoms with Gasteiger partial charge >= 0.3 is 0 Å². The molecule has 7 heteroatoms. The van der Waals surface area contributed by atoms with Gasteiger partial charge in [0.2, 0.25) is 11.8 Å². The summed E-state index contributed by atoms with van der Waals surface area (Å²) in [4.78, 5) is 30.4. The van der Waals surface area contributed by atoms with Crippen LogP contribution in [0.15, 0.2) is 35.7 Å². The van der Waals surface area contributed by atoms with Crippen molar-refractivity contribution < 1.29 is 18.7 Å². The molecular weight excluding hydrogens is 403 g/mol. The quantitative estimate of drug-likeness (QED) is 0.679. The highest BCUT2D eigenvalue weighted by atomic mass is 32.1. The maximum Gasteiger partial charge on any atom is 0.242 e. The van der Waals surface area contributed by atoms with Gasteiger partial charge in [0.05, 0.1) is 6.04 Å². The molecule has 0 spiro atoms. The standard InChI is InChI=1S/C23H29FN2O3S/c1-5-21(27)26(23(2,3)4)14-22(28)25-11-9-20-18(10-12-30-20)19(25)15-29-17-8-6-7-16(24)13-17/h6-8,10,12-13,19H,5,9,11,14-15H2,1-4H3/t19-/m0/s1. The van der Waals surface area contributed by atoms with Crippen LogP contribution in [0.4, 0.5) is 4.39 Å². The molecule has 2 heterocycles. The number of carbonyl (C=O) groups excluding carboxylic acids is 2. The van der Waals surface area contributed by atoms with E-state index in [1.807, 2.05) is 32.2 Å². The summed E-state index contributed by atoms with van der Waals surface area (Å²) >= 11 is 1.68. The normalized spacial score (nSPS) is 16.2. The largest absolute Gasteiger partial charge is 0.491 e. The van der Waals surface area contributed by atoms with E-state index in [1.54, 1.807) is 40.2 Å². The third-order valence-corrected chi connectivity index (χ3v) is 6.32. The van der Waals surface area contributed by atoms with E-state index in [-0.39, 0.29) is 36.8 Å². The Labute approximate surface area is 181 Å². The van der Waals surface area contributed by atoms with Crippen molar-refractivity contribution in [2.24, 2.45) is 0 Å². The Morgan fingerprint density at radius 2 is 2.07 bits per heavy atom. The maximum absolute atomic E-state index is 13.5. The molecule has 0 unspecified atom stereocenters. The Bertz CT molecular complexity index is 906. The highest BCUT2D eigenvalue weighted by Crippen LogP contribution is 2.34. The van der Waals surface area contributed by atoms with Crippen LogP contribution in [0.2, 0.25) is 0 Å². The van der Waals surface area contributed by atoms with Crippen LogP contribution in [-0.4, -0.2) is 46.8 Å². The van der Waals surface area contributed by atoms with Crippen LogP contribution in [0.3, 0.4) is 0 Å². The average molecular weight is 433 g/mol. The van der Waals surface area contributed by atoms with Crippen molar-refractivity contribution in [1.82, 2.24) is 9.80 Å². The SMILES string of the molecule is CCC(=O)N(CC(=O)N1CCc2sccc2[C@@H]1COc1cccc(F)c1)C(C)(C)C. The molecule has 0 radical (unpaired) electrons. The van der Waals surface area contributed by atoms with Crippen LogP contribution in [0.1, 0.15) is 50.6 Å². The van der Waals surface area contributed by atoms with Crippen LogP contribution in [0.5, 0.6) is 5.75 Å². The minimum Gasteiger partial charge on any atom is -0.491 e. The fourth-order valence-electron chi connectivity index (χ4n) is 3.72. The third-order valence-electron chi connectivity index (χ3n) is 5.33. The number of hydrogen-bond acceptors (Lipinski definition) is 4. The smallest absolute Gasteiger partial charge is 0.242 e. The van der Waals surface area contributed by atoms with Crippen LogP contribution < -0.4 is 4.74 Å². The summed E-state index contributed by atoms with van der Waals surface area (Å²) in [6.45, 7) is 8.45. The summed E-state index contributed by atoms with van der Waals surface area (Å²) in [6.07, 6.45) is 1.14. The number of halogens is 1. The van der Waals surface area contributed by atoms with Crippen LogP contribution in [0, 0.1) is 5.82 Å². The van der Waals surface area contributed by atoms with Crippen molar-refractivity contribution in [2.45, 2.75) is 52.1 Å². The number of benzene rings is 1. The number of rotatable bonds is 6. The van der Waals surface area contributed by atoms with E-state index in [4.69, 9.17) is 4.74 Å². The summed E-state index contributed by atoms with van der Waals surface area (Å²) < 4.78 is 19.4. The average Bonchev–Trinajstić information content (AvgIpc) is 3.17. The zero-order valence-electron chi connectivity index (χ0n) is 18.0. The second kappa shape index (κ2) is 9.16. The molecule has 1 aliphatic rings. The number of fused-ring (bicyclic) bond motifs is 1. The third kappa shape index (κ3) is 5.01. The predicted molar refractivity (Wildman–Crippen MR) is 116 cm³/mol. The number of ether oxygens (including phenoxy) is 1. The molecule has 30 heavy (non-hydrogen) atoms. The summed E-state index contributed by atoms with van der Waals surface area (Å²) in [7, 11) is 0. The van der Waals surface area contributed by atoms with E-state index >= 15 is 0 Å². The Balaban J connectivity index is 1.80. The lowest BCUT2D eigenvalue weighted by atomic mass is 9.99. The highest BCUT2D eigenvalue weighted by Gasteiger charge is 2.35. The zero-order valence-corrected chi connectivity index (χ0v) is 18.8. The van der Waals surface area contributed by atoms with Gasteiger partial charge in [-0.25, -0.2) is 4.39 Å². The maximum atomic E-state index is 13.5. The van der Waals surface area contributed by atoms with Gasteiger partial charge in [-0.3, -0.25) is 9.59 Å². The summed E-state index contributed by atoms with van der Waals surface area (Å²) in [5, 5.41) is 2.02. The van der Waals surface area contributed by atoms with Crippen molar-refractivity contribution in [3.8, 4) is 5.75 Å². The van der Waals surface area contributed by atoms with E-state index in [9.17, 15) is 14.0 Å². The van der Waals surface area contributed by atoms with Crippen molar-refractivity contribution in [3.63, 3.8) is 0 Å². The van der Waals surface area contributed by atoms with Gasteiger partial charge in [-0.1, -0.05) is 13.0 Å². The number of nitrogens with zero attached hydrogens (tertiary/aromatic N) is 2. The summed E-state index contributed by atoms with van der Waals surface area (Å²) in [5.74, 6) is -0.0745. The van der Waals surface area contributed by atoms with Crippen LogP contribution >= 0.6 is 11.3 Å². The van der Waals surface area contributed by atoms with Gasteiger partial charge in [0.1, 0.15) is 24.7 Å². The second-order valence-electron chi connectivity index (χ2n) is 8.42. The minimum absolute atomic E-state index is 0.0338. The molecule has 0 N–H and O–H groups in total. The fraction of sp³-hybridized carbons (Fsp3) is 0.478. The molecule has 162 valence electrons. The first kappa shape index (κ1) is 22.3. The highest BCUT2D eigenvalue weighted by molar-refractivity contribution is 7.10. The van der Waals surface area contributed by atoms with Gasteiger partial charge in [-0.15, -0.1) is 11.3 Å². The van der Waals surface area contributed by atoms with Crippen LogP contribution in [0.25, 0.3) is 0 Å². The first-order valence-electron chi connectivity index (χ1n) is 10.2. The molecule has 0 aliphatic carbocycles. The lowest BCUT2D eigenvalue weighted by molar-refractivity contribution is -0.146. The van der Waals surface area contributed by atoms with Crippen molar-refractivity contribution in [1.29, 1.82) is 0 Å². The molecule has 0 bridgehead atoms. The molecule has 2 aromatic rings. The first-order valence-corrected chi connectivity index (χ1v) is 11.1. The molecule has 0 saturated heterocycles. The Kier molecular flexibility index (Phi) is 6.81.